The Labute approximate surface area is 116 Å². The van der Waals surface area contributed by atoms with Crippen LogP contribution in [0.4, 0.5) is 5.69 Å². The summed E-state index contributed by atoms with van der Waals surface area (Å²) in [6, 6.07) is 9.85. The van der Waals surface area contributed by atoms with Gasteiger partial charge in [-0.15, -0.1) is 11.3 Å². The van der Waals surface area contributed by atoms with Crippen molar-refractivity contribution in [2.75, 3.05) is 11.9 Å². The molecule has 1 aromatic heterocycles. The predicted molar refractivity (Wildman–Crippen MR) is 78.5 cm³/mol. The van der Waals surface area contributed by atoms with Gasteiger partial charge in [0, 0.05) is 11.9 Å². The number of anilines is 1. The summed E-state index contributed by atoms with van der Waals surface area (Å²) in [4.78, 5) is 3.41. The Kier molecular flexibility index (Phi) is 4.27. The molecular weight excluding hydrogens is 266 g/mol. The molecular formula is C14H16ClNOS. The summed E-state index contributed by atoms with van der Waals surface area (Å²) in [5.74, 6) is 0. The first-order valence-corrected chi connectivity index (χ1v) is 7.04. The molecule has 4 heteroatoms. The van der Waals surface area contributed by atoms with E-state index in [0.717, 1.165) is 17.8 Å². The zero-order valence-corrected chi connectivity index (χ0v) is 12.0. The van der Waals surface area contributed by atoms with Crippen molar-refractivity contribution in [3.8, 4) is 0 Å². The quantitative estimate of drug-likeness (QED) is 0.912. The van der Waals surface area contributed by atoms with E-state index >= 15 is 0 Å². The van der Waals surface area contributed by atoms with Gasteiger partial charge in [0.15, 0.2) is 0 Å². The van der Waals surface area contributed by atoms with Crippen LogP contribution in [0.2, 0.25) is 5.02 Å². The van der Waals surface area contributed by atoms with Gasteiger partial charge in [-0.1, -0.05) is 23.7 Å². The summed E-state index contributed by atoms with van der Waals surface area (Å²) in [7, 11) is 2.02. The number of aliphatic hydroxyl groups is 1. The Hall–Kier alpha value is -1.03. The van der Waals surface area contributed by atoms with Gasteiger partial charge in [0.2, 0.25) is 0 Å². The normalized spacial score (nSPS) is 12.4. The number of halogens is 1. The summed E-state index contributed by atoms with van der Waals surface area (Å²) in [5, 5.41) is 12.3. The maximum atomic E-state index is 9.51. The SMILES string of the molecule is C[C@@H](O)c1ccc(N(C)Cc2cccs2)c(Cl)c1. The number of thiophene rings is 1. The standard InChI is InChI=1S/C14H16ClNOS/c1-10(17)11-5-6-14(13(15)8-11)16(2)9-12-4-3-7-18-12/h3-8,10,17H,9H2,1-2H3/t10-/m1/s1. The van der Waals surface area contributed by atoms with Crippen molar-refractivity contribution >= 4 is 28.6 Å². The molecule has 0 saturated carbocycles. The topological polar surface area (TPSA) is 23.5 Å². The molecule has 96 valence electrons. The van der Waals surface area contributed by atoms with E-state index in [0.29, 0.717) is 5.02 Å². The molecule has 0 saturated heterocycles. The second kappa shape index (κ2) is 5.74. The highest BCUT2D eigenvalue weighted by atomic mass is 35.5. The van der Waals surface area contributed by atoms with E-state index < -0.39 is 6.10 Å². The molecule has 0 aliphatic rings. The molecule has 0 radical (unpaired) electrons. The van der Waals surface area contributed by atoms with Crippen molar-refractivity contribution in [1.82, 2.24) is 0 Å². The van der Waals surface area contributed by atoms with Crippen molar-refractivity contribution in [3.05, 3.63) is 51.2 Å². The third-order valence-corrected chi connectivity index (χ3v) is 4.00. The van der Waals surface area contributed by atoms with Crippen LogP contribution in [0.1, 0.15) is 23.5 Å². The molecule has 0 unspecified atom stereocenters. The molecule has 1 aromatic carbocycles. The summed E-state index contributed by atoms with van der Waals surface area (Å²) in [6.07, 6.45) is -0.487. The van der Waals surface area contributed by atoms with Crippen molar-refractivity contribution < 1.29 is 5.11 Å². The third kappa shape index (κ3) is 3.05. The molecule has 1 heterocycles. The molecule has 0 fully saturated rings. The molecule has 2 aromatic rings. The van der Waals surface area contributed by atoms with Crippen LogP contribution >= 0.6 is 22.9 Å². The highest BCUT2D eigenvalue weighted by molar-refractivity contribution is 7.09. The monoisotopic (exact) mass is 281 g/mol. The first kappa shape index (κ1) is 13.4. The van der Waals surface area contributed by atoms with E-state index in [2.05, 4.69) is 16.3 Å². The lowest BCUT2D eigenvalue weighted by molar-refractivity contribution is 0.199. The number of aliphatic hydroxyl groups excluding tert-OH is 1. The Morgan fingerprint density at radius 3 is 2.72 bits per heavy atom. The van der Waals surface area contributed by atoms with Crippen molar-refractivity contribution in [2.45, 2.75) is 19.6 Å². The Morgan fingerprint density at radius 2 is 2.17 bits per heavy atom. The lowest BCUT2D eigenvalue weighted by Crippen LogP contribution is -2.16. The van der Waals surface area contributed by atoms with Crippen LogP contribution in [-0.4, -0.2) is 12.2 Å². The van der Waals surface area contributed by atoms with Crippen LogP contribution in [0.3, 0.4) is 0 Å². The van der Waals surface area contributed by atoms with Crippen molar-refractivity contribution in [3.63, 3.8) is 0 Å². The second-order valence-corrected chi connectivity index (χ2v) is 5.76. The van der Waals surface area contributed by atoms with Gasteiger partial charge >= 0.3 is 0 Å². The van der Waals surface area contributed by atoms with Gasteiger partial charge in [-0.3, -0.25) is 0 Å². The van der Waals surface area contributed by atoms with E-state index in [1.54, 1.807) is 18.3 Å². The molecule has 0 bridgehead atoms. The third-order valence-electron chi connectivity index (χ3n) is 2.84. The van der Waals surface area contributed by atoms with Crippen LogP contribution in [0.5, 0.6) is 0 Å². The van der Waals surface area contributed by atoms with Gasteiger partial charge in [0.25, 0.3) is 0 Å². The molecule has 1 atom stereocenters. The molecule has 1 N–H and O–H groups in total. The second-order valence-electron chi connectivity index (χ2n) is 4.32. The molecule has 18 heavy (non-hydrogen) atoms. The minimum atomic E-state index is -0.487. The molecule has 2 rings (SSSR count). The summed E-state index contributed by atoms with van der Waals surface area (Å²) >= 11 is 7.99. The number of hydrogen-bond donors (Lipinski definition) is 1. The van der Waals surface area contributed by atoms with Gasteiger partial charge in [-0.25, -0.2) is 0 Å². The summed E-state index contributed by atoms with van der Waals surface area (Å²) in [6.45, 7) is 2.58. The Balaban J connectivity index is 2.17. The van der Waals surface area contributed by atoms with Gasteiger partial charge < -0.3 is 10.0 Å². The summed E-state index contributed by atoms with van der Waals surface area (Å²) < 4.78 is 0. The maximum Gasteiger partial charge on any atom is 0.0762 e. The van der Waals surface area contributed by atoms with Crippen LogP contribution in [0, 0.1) is 0 Å². The average molecular weight is 282 g/mol. The van der Waals surface area contributed by atoms with Crippen molar-refractivity contribution in [2.24, 2.45) is 0 Å². The fourth-order valence-corrected chi connectivity index (χ4v) is 2.90. The predicted octanol–water partition coefficient (Wildman–Crippen LogP) is 4.09. The number of nitrogens with zero attached hydrogens (tertiary/aromatic N) is 1. The van der Waals surface area contributed by atoms with E-state index in [4.69, 9.17) is 11.6 Å². The first-order valence-electron chi connectivity index (χ1n) is 5.79. The molecule has 2 nitrogen and oxygen atoms in total. The zero-order chi connectivity index (χ0) is 13.1. The number of benzene rings is 1. The fraction of sp³-hybridized carbons (Fsp3) is 0.286. The van der Waals surface area contributed by atoms with Crippen LogP contribution < -0.4 is 4.90 Å². The molecule has 0 spiro atoms. The zero-order valence-electron chi connectivity index (χ0n) is 10.4. The first-order chi connectivity index (χ1) is 8.58. The number of hydrogen-bond acceptors (Lipinski definition) is 3. The highest BCUT2D eigenvalue weighted by Gasteiger charge is 2.10. The van der Waals surface area contributed by atoms with Gasteiger partial charge in [-0.05, 0) is 36.1 Å². The molecule has 0 aliphatic carbocycles. The Bertz CT molecular complexity index is 511. The number of rotatable bonds is 4. The maximum absolute atomic E-state index is 9.51. The molecule has 0 aliphatic heterocycles. The highest BCUT2D eigenvalue weighted by Crippen LogP contribution is 2.29. The van der Waals surface area contributed by atoms with Gasteiger partial charge in [0.1, 0.15) is 0 Å². The van der Waals surface area contributed by atoms with Gasteiger partial charge in [-0.2, -0.15) is 0 Å². The average Bonchev–Trinajstić information content (AvgIpc) is 2.81. The lowest BCUT2D eigenvalue weighted by Gasteiger charge is -2.20. The Morgan fingerprint density at radius 1 is 1.39 bits per heavy atom. The van der Waals surface area contributed by atoms with E-state index in [1.807, 2.05) is 31.3 Å². The van der Waals surface area contributed by atoms with E-state index in [9.17, 15) is 5.11 Å². The smallest absolute Gasteiger partial charge is 0.0762 e. The van der Waals surface area contributed by atoms with Crippen LogP contribution in [0.15, 0.2) is 35.7 Å². The molecule has 0 amide bonds. The van der Waals surface area contributed by atoms with Crippen LogP contribution in [0.25, 0.3) is 0 Å². The van der Waals surface area contributed by atoms with E-state index in [-0.39, 0.29) is 0 Å². The minimum absolute atomic E-state index is 0.487. The van der Waals surface area contributed by atoms with Crippen molar-refractivity contribution in [1.29, 1.82) is 0 Å². The van der Waals surface area contributed by atoms with Crippen LogP contribution in [-0.2, 0) is 6.54 Å². The lowest BCUT2D eigenvalue weighted by atomic mass is 10.1. The largest absolute Gasteiger partial charge is 0.389 e. The summed E-state index contributed by atoms with van der Waals surface area (Å²) in [5.41, 5.74) is 1.82. The minimum Gasteiger partial charge on any atom is -0.389 e. The van der Waals surface area contributed by atoms with Gasteiger partial charge in [0.05, 0.1) is 23.4 Å². The van der Waals surface area contributed by atoms with E-state index in [1.165, 1.54) is 4.88 Å². The fourth-order valence-electron chi connectivity index (χ4n) is 1.81.